The Labute approximate surface area is 238 Å². The summed E-state index contributed by atoms with van der Waals surface area (Å²) in [6.07, 6.45) is 5.62. The fraction of sp³-hybridized carbons (Fsp3) is 0.0244. The van der Waals surface area contributed by atoms with E-state index in [-0.39, 0.29) is 0 Å². The van der Waals surface area contributed by atoms with Crippen molar-refractivity contribution in [1.82, 2.24) is 0 Å². The van der Waals surface area contributed by atoms with Crippen molar-refractivity contribution in [2.75, 3.05) is 0 Å². The number of fused-ring (bicyclic) bond motifs is 8. The second-order valence-corrected chi connectivity index (χ2v) is 11.3. The second kappa shape index (κ2) is 8.65. The van der Waals surface area contributed by atoms with Gasteiger partial charge in [0, 0.05) is 0 Å². The lowest BCUT2D eigenvalue weighted by molar-refractivity contribution is 1.45. The minimum atomic E-state index is 0.933. The van der Waals surface area contributed by atoms with Crippen LogP contribution in [0.1, 0.15) is 17.5 Å². The Morgan fingerprint density at radius 2 is 0.829 bits per heavy atom. The summed E-state index contributed by atoms with van der Waals surface area (Å²) in [6.45, 7) is 0. The van der Waals surface area contributed by atoms with Crippen molar-refractivity contribution in [3.63, 3.8) is 0 Å². The van der Waals surface area contributed by atoms with Crippen molar-refractivity contribution in [3.05, 3.63) is 157 Å². The first-order chi connectivity index (χ1) is 20.3. The van der Waals surface area contributed by atoms with Crippen molar-refractivity contribution >= 4 is 75.8 Å². The monoisotopic (exact) mass is 518 g/mol. The Morgan fingerprint density at radius 1 is 0.366 bits per heavy atom. The van der Waals surface area contributed by atoms with Crippen LogP contribution in [0, 0.1) is 0 Å². The summed E-state index contributed by atoms with van der Waals surface area (Å²) in [5, 5.41) is 15.6. The summed E-state index contributed by atoms with van der Waals surface area (Å²) in [7, 11) is 0. The summed E-state index contributed by atoms with van der Waals surface area (Å²) >= 11 is 0. The van der Waals surface area contributed by atoms with E-state index in [0.29, 0.717) is 0 Å². The zero-order chi connectivity index (χ0) is 26.9. The molecule has 0 heterocycles. The molecule has 8 aromatic carbocycles. The Kier molecular flexibility index (Phi) is 4.77. The molecule has 0 spiro atoms. The van der Waals surface area contributed by atoms with Gasteiger partial charge in [0.15, 0.2) is 0 Å². The van der Waals surface area contributed by atoms with Gasteiger partial charge in [-0.3, -0.25) is 0 Å². The molecule has 0 nitrogen and oxygen atoms in total. The van der Waals surface area contributed by atoms with Crippen molar-refractivity contribution in [2.24, 2.45) is 0 Å². The molecule has 0 N–H and O–H groups in total. The Bertz CT molecular complexity index is 2430. The van der Waals surface area contributed by atoms with E-state index in [9.17, 15) is 0 Å². The molecule has 1 aliphatic carbocycles. The van der Waals surface area contributed by atoms with Gasteiger partial charge < -0.3 is 0 Å². The standard InChI is InChI=1S/C41H26/c1-3-10-30-24-38-32(22-28(30)8-1)20-18-26-12-5-16-36(40(26)38)34-14-7-15-35(34)37-17-6-13-27-19-21-33-23-29-9-2-4-11-31(29)25-39(33)41(27)37/h1-14,16-25H,15H2. The van der Waals surface area contributed by atoms with Crippen LogP contribution in [0.4, 0.5) is 0 Å². The number of benzene rings is 8. The SMILES string of the molecule is C1=CC(c2cccc3ccc4cc5ccccc5cc4c23)=C(c2cccc3ccc4cc5ccccc5cc4c23)C1. The lowest BCUT2D eigenvalue weighted by Gasteiger charge is -2.16. The highest BCUT2D eigenvalue weighted by molar-refractivity contribution is 6.21. The number of hydrogen-bond acceptors (Lipinski definition) is 0. The average molecular weight is 519 g/mol. The van der Waals surface area contributed by atoms with Crippen LogP contribution >= 0.6 is 0 Å². The third-order valence-electron chi connectivity index (χ3n) is 9.00. The summed E-state index contributed by atoms with van der Waals surface area (Å²) in [5.74, 6) is 0. The topological polar surface area (TPSA) is 0 Å². The molecule has 1 aliphatic rings. The van der Waals surface area contributed by atoms with E-state index in [0.717, 1.165) is 6.42 Å². The third-order valence-corrected chi connectivity index (χ3v) is 9.00. The van der Waals surface area contributed by atoms with E-state index in [1.165, 1.54) is 86.9 Å². The molecule has 0 atom stereocenters. The maximum Gasteiger partial charge on any atom is -0.00265 e. The van der Waals surface area contributed by atoms with Crippen LogP contribution in [0.3, 0.4) is 0 Å². The van der Waals surface area contributed by atoms with Crippen molar-refractivity contribution in [3.8, 4) is 0 Å². The lowest BCUT2D eigenvalue weighted by Crippen LogP contribution is -1.92. The Hall–Kier alpha value is -5.20. The molecule has 0 bridgehead atoms. The molecule has 0 radical (unpaired) electrons. The van der Waals surface area contributed by atoms with Gasteiger partial charge in [-0.2, -0.15) is 0 Å². The number of rotatable bonds is 2. The van der Waals surface area contributed by atoms with E-state index in [1.807, 2.05) is 0 Å². The summed E-state index contributed by atoms with van der Waals surface area (Å²) in [5.41, 5.74) is 5.39. The zero-order valence-electron chi connectivity index (χ0n) is 22.6. The third kappa shape index (κ3) is 3.41. The molecule has 9 rings (SSSR count). The van der Waals surface area contributed by atoms with Gasteiger partial charge in [0.2, 0.25) is 0 Å². The Morgan fingerprint density at radius 3 is 1.41 bits per heavy atom. The van der Waals surface area contributed by atoms with Gasteiger partial charge in [-0.25, -0.2) is 0 Å². The molecule has 190 valence electrons. The van der Waals surface area contributed by atoms with E-state index in [1.54, 1.807) is 0 Å². The van der Waals surface area contributed by atoms with Crippen molar-refractivity contribution in [1.29, 1.82) is 0 Å². The summed E-state index contributed by atoms with van der Waals surface area (Å²) in [4.78, 5) is 0. The summed E-state index contributed by atoms with van der Waals surface area (Å²) in [6, 6.07) is 49.5. The maximum absolute atomic E-state index is 2.38. The molecule has 8 aromatic rings. The van der Waals surface area contributed by atoms with Gasteiger partial charge in [0.05, 0.1) is 0 Å². The van der Waals surface area contributed by atoms with Gasteiger partial charge in [-0.1, -0.05) is 121 Å². The fourth-order valence-electron chi connectivity index (χ4n) is 7.09. The quantitative estimate of drug-likeness (QED) is 0.158. The smallest absolute Gasteiger partial charge is 0.00265 e. The molecule has 0 saturated carbocycles. The maximum atomic E-state index is 2.38. The van der Waals surface area contributed by atoms with Gasteiger partial charge >= 0.3 is 0 Å². The minimum Gasteiger partial charge on any atom is -0.0795 e. The molecule has 0 aliphatic heterocycles. The van der Waals surface area contributed by atoms with Crippen LogP contribution in [-0.4, -0.2) is 0 Å². The molecule has 0 amide bonds. The van der Waals surface area contributed by atoms with Gasteiger partial charge in [0.25, 0.3) is 0 Å². The first kappa shape index (κ1) is 22.6. The first-order valence-electron chi connectivity index (χ1n) is 14.4. The Balaban J connectivity index is 1.37. The number of hydrogen-bond donors (Lipinski definition) is 0. The predicted octanol–water partition coefficient (Wildman–Crippen LogP) is 11.5. The largest absolute Gasteiger partial charge is 0.0795 e. The zero-order valence-corrected chi connectivity index (χ0v) is 22.6. The van der Waals surface area contributed by atoms with Gasteiger partial charge in [-0.05, 0) is 118 Å². The summed E-state index contributed by atoms with van der Waals surface area (Å²) < 4.78 is 0. The highest BCUT2D eigenvalue weighted by Crippen LogP contribution is 2.44. The van der Waals surface area contributed by atoms with Crippen LogP contribution in [-0.2, 0) is 0 Å². The van der Waals surface area contributed by atoms with Crippen LogP contribution in [0.5, 0.6) is 0 Å². The molecule has 0 heteroatoms. The number of allylic oxidation sites excluding steroid dienone is 4. The second-order valence-electron chi connectivity index (χ2n) is 11.3. The molecular weight excluding hydrogens is 492 g/mol. The van der Waals surface area contributed by atoms with Crippen molar-refractivity contribution < 1.29 is 0 Å². The normalized spacial score (nSPS) is 13.6. The van der Waals surface area contributed by atoms with Crippen LogP contribution in [0.2, 0.25) is 0 Å². The van der Waals surface area contributed by atoms with Crippen LogP contribution < -0.4 is 0 Å². The average Bonchev–Trinajstić information content (AvgIpc) is 3.52. The lowest BCUT2D eigenvalue weighted by atomic mass is 9.87. The molecule has 0 aromatic heterocycles. The molecule has 0 unspecified atom stereocenters. The van der Waals surface area contributed by atoms with Crippen molar-refractivity contribution in [2.45, 2.75) is 6.42 Å². The van der Waals surface area contributed by atoms with Gasteiger partial charge in [-0.15, -0.1) is 0 Å². The molecular formula is C41H26. The predicted molar refractivity (Wildman–Crippen MR) is 178 cm³/mol. The highest BCUT2D eigenvalue weighted by atomic mass is 14.2. The minimum absolute atomic E-state index is 0.933. The van der Waals surface area contributed by atoms with E-state index in [2.05, 4.69) is 146 Å². The van der Waals surface area contributed by atoms with E-state index < -0.39 is 0 Å². The molecule has 41 heavy (non-hydrogen) atoms. The first-order valence-corrected chi connectivity index (χ1v) is 14.4. The van der Waals surface area contributed by atoms with E-state index >= 15 is 0 Å². The molecule has 0 fully saturated rings. The highest BCUT2D eigenvalue weighted by Gasteiger charge is 2.19. The van der Waals surface area contributed by atoms with Gasteiger partial charge in [0.1, 0.15) is 0 Å². The fourth-order valence-corrected chi connectivity index (χ4v) is 7.09. The van der Waals surface area contributed by atoms with Crippen LogP contribution in [0.25, 0.3) is 75.8 Å². The van der Waals surface area contributed by atoms with E-state index in [4.69, 9.17) is 0 Å². The molecule has 0 saturated heterocycles. The van der Waals surface area contributed by atoms with Crippen LogP contribution in [0.15, 0.2) is 146 Å².